The molecule has 0 aromatic rings. The number of hydrogen-bond acceptors (Lipinski definition) is 6. The molecule has 6 amide bonds. The zero-order valence-corrected chi connectivity index (χ0v) is 17.6. The van der Waals surface area contributed by atoms with Crippen LogP contribution in [0.5, 0.6) is 0 Å². The molecule has 5 heterocycles. The molecule has 0 spiro atoms. The van der Waals surface area contributed by atoms with Crippen molar-refractivity contribution in [3.05, 3.63) is 0 Å². The highest BCUT2D eigenvalue weighted by atomic mass is 16.2. The molecule has 5 aliphatic heterocycles. The van der Waals surface area contributed by atoms with Gasteiger partial charge < -0.3 is 0 Å². The topological polar surface area (TPSA) is 122 Å². The summed E-state index contributed by atoms with van der Waals surface area (Å²) in [6.45, 7) is 7.79. The van der Waals surface area contributed by atoms with Crippen molar-refractivity contribution in [1.82, 2.24) is 29.4 Å². The van der Waals surface area contributed by atoms with E-state index in [0.29, 0.717) is 0 Å². The maximum Gasteiger partial charge on any atom is 0.222 e. The maximum absolute atomic E-state index is 12.8. The minimum atomic E-state index is -1.02. The number of nitrogens with zero attached hydrogens (tertiary/aromatic N) is 6. The number of piperazine rings is 1. The molecule has 5 saturated heterocycles. The van der Waals surface area contributed by atoms with E-state index in [1.54, 1.807) is 0 Å². The van der Waals surface area contributed by atoms with E-state index in [1.165, 1.54) is 70.9 Å². The summed E-state index contributed by atoms with van der Waals surface area (Å²) in [6.07, 6.45) is -5.88. The second-order valence-corrected chi connectivity index (χ2v) is 8.04. The summed E-state index contributed by atoms with van der Waals surface area (Å²) in [5.74, 6) is -2.62. The lowest BCUT2D eigenvalue weighted by Crippen LogP contribution is -2.76. The van der Waals surface area contributed by atoms with E-state index in [2.05, 4.69) is 0 Å². The van der Waals surface area contributed by atoms with Gasteiger partial charge in [0.2, 0.25) is 35.4 Å². The normalized spacial score (nSPS) is 33.4. The van der Waals surface area contributed by atoms with Gasteiger partial charge in [0.15, 0.2) is 37.0 Å². The molecule has 0 aliphatic carbocycles. The fourth-order valence-corrected chi connectivity index (χ4v) is 5.70. The van der Waals surface area contributed by atoms with Crippen LogP contribution in [0.2, 0.25) is 0 Å². The monoisotopic (exact) mass is 420 g/mol. The molecule has 0 unspecified atom stereocenters. The number of rotatable bonds is 0. The van der Waals surface area contributed by atoms with Crippen LogP contribution in [0, 0.1) is 0 Å². The number of carbonyl (C=O) groups excluding carboxylic acids is 6. The first-order valence-electron chi connectivity index (χ1n) is 9.66. The first-order chi connectivity index (χ1) is 13.9. The third kappa shape index (κ3) is 2.16. The van der Waals surface area contributed by atoms with Gasteiger partial charge in [-0.05, 0) is 0 Å². The van der Waals surface area contributed by atoms with Crippen molar-refractivity contribution in [3.8, 4) is 0 Å². The SMILES string of the molecule is CC(=O)N1C2C3N(C(C)=O)[C@H]4[C@@H](N3C(C)=O)N(C(C)=O)[C@@H]1[C@@H](N2C(C)=O)N4C(C)=O. The van der Waals surface area contributed by atoms with Gasteiger partial charge in [-0.3, -0.25) is 58.2 Å². The highest BCUT2D eigenvalue weighted by Crippen LogP contribution is 2.51. The Balaban J connectivity index is 2.12. The Kier molecular flexibility index (Phi) is 4.13. The van der Waals surface area contributed by atoms with Gasteiger partial charge in [-0.15, -0.1) is 0 Å². The lowest BCUT2D eigenvalue weighted by Gasteiger charge is -2.54. The smallest absolute Gasteiger partial charge is 0.222 e. The molecule has 0 saturated carbocycles. The van der Waals surface area contributed by atoms with Crippen LogP contribution in [0.3, 0.4) is 0 Å². The third-order valence-electron chi connectivity index (χ3n) is 6.40. The van der Waals surface area contributed by atoms with Crippen LogP contribution < -0.4 is 0 Å². The van der Waals surface area contributed by atoms with Gasteiger partial charge in [0.25, 0.3) is 0 Å². The largest absolute Gasteiger partial charge is 0.294 e. The van der Waals surface area contributed by atoms with Crippen LogP contribution >= 0.6 is 0 Å². The summed E-state index contributed by atoms with van der Waals surface area (Å²) in [4.78, 5) is 84.7. The van der Waals surface area contributed by atoms with Crippen LogP contribution in [0.4, 0.5) is 0 Å². The van der Waals surface area contributed by atoms with Crippen molar-refractivity contribution in [3.63, 3.8) is 0 Å². The minimum Gasteiger partial charge on any atom is -0.294 e. The second kappa shape index (κ2) is 6.16. The van der Waals surface area contributed by atoms with Crippen molar-refractivity contribution in [1.29, 1.82) is 0 Å². The molecule has 0 aromatic carbocycles. The molecule has 0 aromatic heterocycles. The van der Waals surface area contributed by atoms with Crippen molar-refractivity contribution >= 4 is 35.4 Å². The van der Waals surface area contributed by atoms with Crippen molar-refractivity contribution in [2.45, 2.75) is 78.5 Å². The van der Waals surface area contributed by atoms with Crippen LogP contribution in [0.15, 0.2) is 0 Å². The Bertz CT molecular complexity index is 778. The Hall–Kier alpha value is -3.18. The summed E-state index contributed by atoms with van der Waals surface area (Å²) in [7, 11) is 0. The Morgan fingerprint density at radius 2 is 0.433 bits per heavy atom. The highest BCUT2D eigenvalue weighted by Gasteiger charge is 2.75. The zero-order valence-electron chi connectivity index (χ0n) is 17.6. The minimum absolute atomic E-state index is 0.434. The molecule has 0 N–H and O–H groups in total. The van der Waals surface area contributed by atoms with Gasteiger partial charge in [0.05, 0.1) is 0 Å². The molecule has 5 fully saturated rings. The average Bonchev–Trinajstić information content (AvgIpc) is 3.03. The number of carbonyl (C=O) groups is 6. The van der Waals surface area contributed by atoms with Gasteiger partial charge in [-0.2, -0.15) is 0 Å². The quantitative estimate of drug-likeness (QED) is 0.451. The summed E-state index contributed by atoms with van der Waals surface area (Å²) in [5.41, 5.74) is 0. The van der Waals surface area contributed by atoms with Gasteiger partial charge in [-0.25, -0.2) is 0 Å². The Labute approximate surface area is 172 Å². The number of amides is 6. The molecule has 5 rings (SSSR count). The van der Waals surface area contributed by atoms with Crippen LogP contribution in [-0.2, 0) is 28.8 Å². The third-order valence-corrected chi connectivity index (χ3v) is 6.40. The maximum atomic E-state index is 12.8. The Morgan fingerprint density at radius 3 is 0.500 bits per heavy atom. The predicted octanol–water partition coefficient (Wildman–Crippen LogP) is -1.91. The average molecular weight is 420 g/mol. The molecular weight excluding hydrogens is 396 g/mol. The molecule has 12 nitrogen and oxygen atoms in total. The lowest BCUT2D eigenvalue weighted by atomic mass is 10.1. The van der Waals surface area contributed by atoms with E-state index in [1.807, 2.05) is 0 Å². The van der Waals surface area contributed by atoms with Gasteiger partial charge in [0, 0.05) is 41.5 Å². The second-order valence-electron chi connectivity index (χ2n) is 8.04. The van der Waals surface area contributed by atoms with E-state index in [4.69, 9.17) is 0 Å². The first kappa shape index (κ1) is 20.1. The molecule has 0 radical (unpaired) electrons. The van der Waals surface area contributed by atoms with Crippen molar-refractivity contribution in [2.24, 2.45) is 0 Å². The molecule has 0 atom stereocenters. The molecule has 6 bridgehead atoms. The van der Waals surface area contributed by atoms with Crippen LogP contribution in [-0.4, -0.2) is 102 Å². The van der Waals surface area contributed by atoms with Gasteiger partial charge in [-0.1, -0.05) is 0 Å². The molecular formula is C18H24N6O6. The van der Waals surface area contributed by atoms with Gasteiger partial charge in [0.1, 0.15) is 0 Å². The predicted molar refractivity (Wildman–Crippen MR) is 97.8 cm³/mol. The highest BCUT2D eigenvalue weighted by molar-refractivity contribution is 5.88. The summed E-state index contributed by atoms with van der Waals surface area (Å²) in [6, 6.07) is 0. The molecule has 5 aliphatic rings. The van der Waals surface area contributed by atoms with E-state index >= 15 is 0 Å². The lowest BCUT2D eigenvalue weighted by molar-refractivity contribution is -0.187. The van der Waals surface area contributed by atoms with Gasteiger partial charge >= 0.3 is 0 Å². The van der Waals surface area contributed by atoms with E-state index in [9.17, 15) is 28.8 Å². The Morgan fingerprint density at radius 1 is 0.333 bits per heavy atom. The van der Waals surface area contributed by atoms with E-state index < -0.39 is 72.4 Å². The number of hydrogen-bond donors (Lipinski definition) is 0. The first-order valence-corrected chi connectivity index (χ1v) is 9.66. The van der Waals surface area contributed by atoms with Crippen LogP contribution in [0.1, 0.15) is 41.5 Å². The fourth-order valence-electron chi connectivity index (χ4n) is 5.70. The fraction of sp³-hybridized carbons (Fsp3) is 0.667. The van der Waals surface area contributed by atoms with E-state index in [0.717, 1.165) is 0 Å². The van der Waals surface area contributed by atoms with Crippen LogP contribution in [0.25, 0.3) is 0 Å². The molecule has 30 heavy (non-hydrogen) atoms. The summed E-state index contributed by atoms with van der Waals surface area (Å²) in [5, 5.41) is 0. The van der Waals surface area contributed by atoms with E-state index in [-0.39, 0.29) is 0 Å². The van der Waals surface area contributed by atoms with Crippen molar-refractivity contribution in [2.75, 3.05) is 0 Å². The summed E-state index contributed by atoms with van der Waals surface area (Å²) < 4.78 is 0. The standard InChI is InChI=1S/C18H24N6O6/c1-7(25)19-13-14-20(8(2)26)17(19)18-21(9(3)27)15(23(13)11(5)29)16(22(18)10(4)28)24(14)12(6)30/h13-18H,1-6H3/t13-,14+,15+,16-,17?,18?. The molecule has 12 heteroatoms. The van der Waals surface area contributed by atoms with Crippen molar-refractivity contribution < 1.29 is 28.8 Å². The zero-order chi connectivity index (χ0) is 22.4. The summed E-state index contributed by atoms with van der Waals surface area (Å²) >= 11 is 0. The molecule has 162 valence electrons.